The Hall–Kier alpha value is -0.250. The highest BCUT2D eigenvalue weighted by Crippen LogP contribution is 2.21. The third-order valence-electron chi connectivity index (χ3n) is 1.59. The van der Waals surface area contributed by atoms with Crippen LogP contribution in [-0.4, -0.2) is 16.3 Å². The number of nitrogens with two attached hydrogens (primary N) is 1. The zero-order chi connectivity index (χ0) is 10.6. The minimum absolute atomic E-state index is 0.121. The number of pyridine rings is 1. The van der Waals surface area contributed by atoms with Crippen LogP contribution in [0.3, 0.4) is 0 Å². The summed E-state index contributed by atoms with van der Waals surface area (Å²) in [5.74, 6) is 1.81. The average Bonchev–Trinajstić information content (AvgIpc) is 2.06. The molecule has 0 saturated heterocycles. The van der Waals surface area contributed by atoms with Crippen LogP contribution in [0, 0.1) is 0 Å². The van der Waals surface area contributed by atoms with E-state index in [1.54, 1.807) is 24.2 Å². The molecule has 0 aliphatic carbocycles. The maximum Gasteiger partial charge on any atom is 0.0629 e. The van der Waals surface area contributed by atoms with Crippen molar-refractivity contribution in [3.8, 4) is 0 Å². The molecule has 0 aliphatic heterocycles. The lowest BCUT2D eigenvalue weighted by atomic mass is 10.1. The number of nitrogens with zero attached hydrogens (tertiary/aromatic N) is 1. The van der Waals surface area contributed by atoms with Crippen LogP contribution in [-0.2, 0) is 5.75 Å². The minimum atomic E-state index is -0.121. The predicted octanol–water partition coefficient (Wildman–Crippen LogP) is 2.71. The lowest BCUT2D eigenvalue weighted by Gasteiger charge is -2.17. The van der Waals surface area contributed by atoms with Crippen molar-refractivity contribution in [3.05, 3.63) is 29.0 Å². The number of hydrogen-bond acceptors (Lipinski definition) is 3. The first-order chi connectivity index (χ1) is 6.49. The van der Waals surface area contributed by atoms with Crippen LogP contribution in [0.25, 0.3) is 0 Å². The summed E-state index contributed by atoms with van der Waals surface area (Å²) in [5, 5.41) is 0.731. The van der Waals surface area contributed by atoms with Gasteiger partial charge in [0.05, 0.1) is 5.02 Å². The van der Waals surface area contributed by atoms with Gasteiger partial charge in [0.25, 0.3) is 0 Å². The maximum absolute atomic E-state index is 5.97. The van der Waals surface area contributed by atoms with Crippen molar-refractivity contribution < 1.29 is 0 Å². The Balaban J connectivity index is 2.43. The Morgan fingerprint density at radius 1 is 1.57 bits per heavy atom. The first-order valence-corrected chi connectivity index (χ1v) is 5.97. The van der Waals surface area contributed by atoms with Crippen molar-refractivity contribution in [2.24, 2.45) is 5.73 Å². The second-order valence-corrected chi connectivity index (χ2v) is 5.34. The lowest BCUT2D eigenvalue weighted by Crippen LogP contribution is -2.34. The second-order valence-electron chi connectivity index (χ2n) is 3.95. The van der Waals surface area contributed by atoms with Gasteiger partial charge in [0.15, 0.2) is 0 Å². The molecule has 78 valence electrons. The van der Waals surface area contributed by atoms with Crippen LogP contribution in [0.1, 0.15) is 19.4 Å². The van der Waals surface area contributed by atoms with Gasteiger partial charge in [-0.25, -0.2) is 0 Å². The van der Waals surface area contributed by atoms with Crippen LogP contribution >= 0.6 is 23.4 Å². The van der Waals surface area contributed by atoms with Gasteiger partial charge < -0.3 is 5.73 Å². The van der Waals surface area contributed by atoms with E-state index in [-0.39, 0.29) is 5.54 Å². The fourth-order valence-corrected chi connectivity index (χ4v) is 2.31. The van der Waals surface area contributed by atoms with E-state index in [9.17, 15) is 0 Å². The van der Waals surface area contributed by atoms with E-state index in [0.717, 1.165) is 22.1 Å². The summed E-state index contributed by atoms with van der Waals surface area (Å²) in [5.41, 5.74) is 6.87. The molecule has 4 heteroatoms. The summed E-state index contributed by atoms with van der Waals surface area (Å²) >= 11 is 7.76. The van der Waals surface area contributed by atoms with E-state index >= 15 is 0 Å². The van der Waals surface area contributed by atoms with Gasteiger partial charge in [0, 0.05) is 29.4 Å². The molecule has 0 fully saturated rings. The summed E-state index contributed by atoms with van der Waals surface area (Å²) in [6.07, 6.45) is 3.43. The van der Waals surface area contributed by atoms with Gasteiger partial charge in [0.1, 0.15) is 0 Å². The monoisotopic (exact) mass is 230 g/mol. The van der Waals surface area contributed by atoms with Crippen LogP contribution in [0.2, 0.25) is 5.02 Å². The standard InChI is InChI=1S/C10H15ClN2S/c1-10(2,12)7-14-6-8-3-4-13-5-9(8)11/h3-5H,6-7,12H2,1-2H3. The van der Waals surface area contributed by atoms with Crippen LogP contribution in [0.4, 0.5) is 0 Å². The van der Waals surface area contributed by atoms with E-state index in [1.165, 1.54) is 0 Å². The smallest absolute Gasteiger partial charge is 0.0629 e. The van der Waals surface area contributed by atoms with Crippen molar-refractivity contribution in [2.75, 3.05) is 5.75 Å². The van der Waals surface area contributed by atoms with Crippen LogP contribution in [0.15, 0.2) is 18.5 Å². The van der Waals surface area contributed by atoms with E-state index < -0.39 is 0 Å². The largest absolute Gasteiger partial charge is 0.325 e. The van der Waals surface area contributed by atoms with E-state index in [2.05, 4.69) is 4.98 Å². The topological polar surface area (TPSA) is 38.9 Å². The van der Waals surface area contributed by atoms with E-state index in [4.69, 9.17) is 17.3 Å². The fourth-order valence-electron chi connectivity index (χ4n) is 0.945. The van der Waals surface area contributed by atoms with Gasteiger partial charge >= 0.3 is 0 Å². The SMILES string of the molecule is CC(C)(N)CSCc1ccncc1Cl. The Kier molecular flexibility index (Phi) is 4.23. The highest BCUT2D eigenvalue weighted by Gasteiger charge is 2.10. The van der Waals surface area contributed by atoms with Crippen molar-refractivity contribution in [1.82, 2.24) is 4.98 Å². The molecule has 1 aromatic heterocycles. The molecule has 2 N–H and O–H groups in total. The number of halogens is 1. The molecule has 1 rings (SSSR count). The van der Waals surface area contributed by atoms with Crippen LogP contribution in [0.5, 0.6) is 0 Å². The molecule has 0 unspecified atom stereocenters. The molecular weight excluding hydrogens is 216 g/mol. The molecule has 0 spiro atoms. The first-order valence-electron chi connectivity index (χ1n) is 4.44. The molecular formula is C10H15ClN2S. The molecule has 1 heterocycles. The summed E-state index contributed by atoms with van der Waals surface area (Å²) in [6.45, 7) is 4.04. The quantitative estimate of drug-likeness (QED) is 0.865. The van der Waals surface area contributed by atoms with Crippen molar-refractivity contribution in [1.29, 1.82) is 0 Å². The highest BCUT2D eigenvalue weighted by atomic mass is 35.5. The number of hydrogen-bond donors (Lipinski definition) is 1. The molecule has 0 radical (unpaired) electrons. The van der Waals surface area contributed by atoms with Gasteiger partial charge in [0.2, 0.25) is 0 Å². The number of aromatic nitrogens is 1. The van der Waals surface area contributed by atoms with Crippen molar-refractivity contribution in [2.45, 2.75) is 25.1 Å². The molecule has 0 bridgehead atoms. The fraction of sp³-hybridized carbons (Fsp3) is 0.500. The molecule has 0 saturated carbocycles. The third kappa shape index (κ3) is 4.31. The summed E-state index contributed by atoms with van der Waals surface area (Å²) in [4.78, 5) is 3.94. The van der Waals surface area contributed by atoms with Gasteiger partial charge in [-0.3, -0.25) is 4.98 Å². The van der Waals surface area contributed by atoms with Gasteiger partial charge in [-0.15, -0.1) is 0 Å². The summed E-state index contributed by atoms with van der Waals surface area (Å²) < 4.78 is 0. The zero-order valence-electron chi connectivity index (χ0n) is 8.46. The van der Waals surface area contributed by atoms with Gasteiger partial charge in [-0.1, -0.05) is 11.6 Å². The zero-order valence-corrected chi connectivity index (χ0v) is 10.0. The third-order valence-corrected chi connectivity index (χ3v) is 3.39. The Morgan fingerprint density at radius 2 is 2.29 bits per heavy atom. The first kappa shape index (κ1) is 11.8. The number of thioether (sulfide) groups is 1. The maximum atomic E-state index is 5.97. The van der Waals surface area contributed by atoms with Gasteiger partial charge in [-0.05, 0) is 25.5 Å². The summed E-state index contributed by atoms with van der Waals surface area (Å²) in [6, 6.07) is 1.94. The molecule has 14 heavy (non-hydrogen) atoms. The molecule has 2 nitrogen and oxygen atoms in total. The molecule has 1 aromatic rings. The van der Waals surface area contributed by atoms with E-state index in [1.807, 2.05) is 19.9 Å². The Labute approximate surface area is 94.2 Å². The van der Waals surface area contributed by atoms with Gasteiger partial charge in [-0.2, -0.15) is 11.8 Å². The Morgan fingerprint density at radius 3 is 2.86 bits per heavy atom. The molecule has 0 atom stereocenters. The normalized spacial score (nSPS) is 11.7. The van der Waals surface area contributed by atoms with Crippen molar-refractivity contribution >= 4 is 23.4 Å². The van der Waals surface area contributed by atoms with Crippen molar-refractivity contribution in [3.63, 3.8) is 0 Å². The highest BCUT2D eigenvalue weighted by molar-refractivity contribution is 7.98. The Bertz CT molecular complexity index is 296. The van der Waals surface area contributed by atoms with E-state index in [0.29, 0.717) is 0 Å². The van der Waals surface area contributed by atoms with Crippen LogP contribution < -0.4 is 5.73 Å². The predicted molar refractivity (Wildman–Crippen MR) is 63.7 cm³/mol. The molecule has 0 amide bonds. The average molecular weight is 231 g/mol. The number of rotatable bonds is 4. The second kappa shape index (κ2) is 5.01. The summed E-state index contributed by atoms with van der Waals surface area (Å²) in [7, 11) is 0. The minimum Gasteiger partial charge on any atom is -0.325 e. The molecule has 0 aromatic carbocycles. The lowest BCUT2D eigenvalue weighted by molar-refractivity contribution is 0.591. The molecule has 0 aliphatic rings.